The molecule has 0 amide bonds. The van der Waals surface area contributed by atoms with Crippen molar-refractivity contribution in [2.75, 3.05) is 13.2 Å². The molecule has 1 heterocycles. The number of hydrogen-bond acceptors (Lipinski definition) is 3. The summed E-state index contributed by atoms with van der Waals surface area (Å²) in [6, 6.07) is 0. The van der Waals surface area contributed by atoms with Crippen molar-refractivity contribution in [2.24, 2.45) is 0 Å². The monoisotopic (exact) mass is 142 g/mol. The van der Waals surface area contributed by atoms with Crippen molar-refractivity contribution in [3.63, 3.8) is 0 Å². The van der Waals surface area contributed by atoms with Gasteiger partial charge in [0.15, 0.2) is 0 Å². The second-order valence-corrected chi connectivity index (χ2v) is 1.65. The molecule has 10 heavy (non-hydrogen) atoms. The lowest BCUT2D eigenvalue weighted by atomic mass is 10.5. The molecule has 0 aliphatic carbocycles. The van der Waals surface area contributed by atoms with Crippen LogP contribution in [0.25, 0.3) is 0 Å². The maximum Gasteiger partial charge on any atom is 0.382 e. The summed E-state index contributed by atoms with van der Waals surface area (Å²) in [5.41, 5.74) is 0. The Kier molecular flexibility index (Phi) is 2.26. The first-order chi connectivity index (χ1) is 4.79. The molecule has 54 valence electrons. The highest BCUT2D eigenvalue weighted by atomic mass is 16.7. The molecule has 0 radical (unpaired) electrons. The van der Waals surface area contributed by atoms with Crippen LogP contribution in [0, 0.1) is 11.8 Å². The molecule has 1 aliphatic rings. The van der Waals surface area contributed by atoms with E-state index in [2.05, 4.69) is 5.92 Å². The summed E-state index contributed by atoms with van der Waals surface area (Å²) in [5.74, 6) is 3.02. The van der Waals surface area contributed by atoms with Crippen LogP contribution in [0.5, 0.6) is 0 Å². The van der Waals surface area contributed by atoms with Gasteiger partial charge in [0.2, 0.25) is 6.29 Å². The van der Waals surface area contributed by atoms with E-state index >= 15 is 0 Å². The lowest BCUT2D eigenvalue weighted by molar-refractivity contribution is -0.130. The van der Waals surface area contributed by atoms with Gasteiger partial charge in [-0.3, -0.25) is 0 Å². The normalized spacial score (nSPS) is 18.0. The second-order valence-electron chi connectivity index (χ2n) is 1.65. The van der Waals surface area contributed by atoms with E-state index in [0.717, 1.165) is 0 Å². The topological polar surface area (TPSA) is 55.8 Å². The van der Waals surface area contributed by atoms with Crippen LogP contribution in [0.15, 0.2) is 0 Å². The Bertz CT molecular complexity index is 182. The number of carboxylic acid groups (broad SMARTS) is 1. The molecule has 0 spiro atoms. The van der Waals surface area contributed by atoms with Crippen molar-refractivity contribution in [2.45, 2.75) is 6.29 Å². The van der Waals surface area contributed by atoms with E-state index in [-0.39, 0.29) is 0 Å². The van der Waals surface area contributed by atoms with E-state index in [1.807, 2.05) is 5.92 Å². The molecule has 1 N–H and O–H groups in total. The molecular formula is C6H6O4. The molecule has 1 aliphatic heterocycles. The number of carboxylic acids is 1. The van der Waals surface area contributed by atoms with Gasteiger partial charge in [-0.2, -0.15) is 0 Å². The Balaban J connectivity index is 2.38. The van der Waals surface area contributed by atoms with E-state index in [9.17, 15) is 4.79 Å². The molecule has 0 aromatic carbocycles. The average Bonchev–Trinajstić information content (AvgIpc) is 2.34. The quantitative estimate of drug-likeness (QED) is 0.461. The van der Waals surface area contributed by atoms with Crippen molar-refractivity contribution in [1.82, 2.24) is 0 Å². The van der Waals surface area contributed by atoms with Gasteiger partial charge >= 0.3 is 5.97 Å². The Morgan fingerprint density at radius 1 is 1.50 bits per heavy atom. The molecule has 1 fully saturated rings. The highest BCUT2D eigenvalue weighted by Crippen LogP contribution is 2.00. The largest absolute Gasteiger partial charge is 0.472 e. The summed E-state index contributed by atoms with van der Waals surface area (Å²) < 4.78 is 9.69. The zero-order chi connectivity index (χ0) is 7.40. The van der Waals surface area contributed by atoms with Crippen molar-refractivity contribution in [3.8, 4) is 11.8 Å². The Labute approximate surface area is 57.7 Å². The van der Waals surface area contributed by atoms with Crippen molar-refractivity contribution < 1.29 is 19.4 Å². The summed E-state index contributed by atoms with van der Waals surface area (Å²) in [6.45, 7) is 0.970. The molecule has 0 saturated carbocycles. The fourth-order valence-electron chi connectivity index (χ4n) is 0.562. The number of carbonyl (C=O) groups is 1. The van der Waals surface area contributed by atoms with Crippen LogP contribution in [0.4, 0.5) is 0 Å². The minimum Gasteiger partial charge on any atom is -0.472 e. The van der Waals surface area contributed by atoms with Gasteiger partial charge in [0, 0.05) is 5.92 Å². The summed E-state index contributed by atoms with van der Waals surface area (Å²) >= 11 is 0. The average molecular weight is 142 g/mol. The lowest BCUT2D eigenvalue weighted by Crippen LogP contribution is -2.04. The van der Waals surface area contributed by atoms with Gasteiger partial charge in [0.1, 0.15) is 0 Å². The van der Waals surface area contributed by atoms with E-state index in [1.165, 1.54) is 0 Å². The zero-order valence-corrected chi connectivity index (χ0v) is 5.16. The van der Waals surface area contributed by atoms with Gasteiger partial charge < -0.3 is 14.6 Å². The van der Waals surface area contributed by atoms with Crippen molar-refractivity contribution in [1.29, 1.82) is 0 Å². The van der Waals surface area contributed by atoms with E-state index < -0.39 is 12.3 Å². The summed E-state index contributed by atoms with van der Waals surface area (Å²) in [7, 11) is 0. The molecule has 0 aromatic rings. The summed E-state index contributed by atoms with van der Waals surface area (Å²) in [5, 5.41) is 8.09. The predicted octanol–water partition coefficient (Wildman–Crippen LogP) is -0.553. The first-order valence-corrected chi connectivity index (χ1v) is 2.77. The highest BCUT2D eigenvalue weighted by Gasteiger charge is 2.11. The van der Waals surface area contributed by atoms with Gasteiger partial charge in [-0.25, -0.2) is 4.79 Å². The Morgan fingerprint density at radius 3 is 2.60 bits per heavy atom. The highest BCUT2D eigenvalue weighted by molar-refractivity contribution is 5.86. The number of aliphatic carboxylic acids is 1. The Morgan fingerprint density at radius 2 is 2.10 bits per heavy atom. The first-order valence-electron chi connectivity index (χ1n) is 2.77. The molecule has 0 aromatic heterocycles. The summed E-state index contributed by atoms with van der Waals surface area (Å²) in [6.07, 6.45) is -0.643. The minimum absolute atomic E-state index is 0.485. The standard InChI is InChI=1S/C6H6O4/c7-5(8)1-2-6-9-3-4-10-6/h6H,3-4H2,(H,7,8). The summed E-state index contributed by atoms with van der Waals surface area (Å²) in [4.78, 5) is 9.87. The van der Waals surface area contributed by atoms with Crippen LogP contribution in [0.2, 0.25) is 0 Å². The third-order valence-electron chi connectivity index (χ3n) is 0.919. The van der Waals surface area contributed by atoms with Crippen LogP contribution < -0.4 is 0 Å². The zero-order valence-electron chi connectivity index (χ0n) is 5.16. The van der Waals surface area contributed by atoms with Gasteiger partial charge in [0.25, 0.3) is 0 Å². The smallest absolute Gasteiger partial charge is 0.382 e. The van der Waals surface area contributed by atoms with Crippen LogP contribution >= 0.6 is 0 Å². The second kappa shape index (κ2) is 3.20. The molecule has 0 unspecified atom stereocenters. The van der Waals surface area contributed by atoms with E-state index in [1.54, 1.807) is 0 Å². The molecule has 4 nitrogen and oxygen atoms in total. The van der Waals surface area contributed by atoms with Crippen LogP contribution in [0.1, 0.15) is 0 Å². The maximum atomic E-state index is 9.87. The lowest BCUT2D eigenvalue weighted by Gasteiger charge is -1.95. The third-order valence-corrected chi connectivity index (χ3v) is 0.919. The van der Waals surface area contributed by atoms with Gasteiger partial charge in [0.05, 0.1) is 13.2 Å². The fourth-order valence-corrected chi connectivity index (χ4v) is 0.562. The molecule has 1 saturated heterocycles. The molecule has 1 rings (SSSR count). The molecular weight excluding hydrogens is 136 g/mol. The van der Waals surface area contributed by atoms with Crippen LogP contribution in [0.3, 0.4) is 0 Å². The van der Waals surface area contributed by atoms with E-state index in [4.69, 9.17) is 14.6 Å². The first kappa shape index (κ1) is 7.06. The fraction of sp³-hybridized carbons (Fsp3) is 0.500. The third kappa shape index (κ3) is 2.05. The number of hydrogen-bond donors (Lipinski definition) is 1. The van der Waals surface area contributed by atoms with Crippen molar-refractivity contribution >= 4 is 5.97 Å². The van der Waals surface area contributed by atoms with Gasteiger partial charge in [-0.15, -0.1) is 0 Å². The van der Waals surface area contributed by atoms with Crippen molar-refractivity contribution in [3.05, 3.63) is 0 Å². The number of rotatable bonds is 0. The predicted molar refractivity (Wildman–Crippen MR) is 31.1 cm³/mol. The van der Waals surface area contributed by atoms with Gasteiger partial charge in [-0.05, 0) is 5.92 Å². The minimum atomic E-state index is -1.17. The maximum absolute atomic E-state index is 9.87. The van der Waals surface area contributed by atoms with Gasteiger partial charge in [-0.1, -0.05) is 0 Å². The molecule has 0 atom stereocenters. The van der Waals surface area contributed by atoms with Crippen LogP contribution in [-0.2, 0) is 14.3 Å². The van der Waals surface area contributed by atoms with E-state index in [0.29, 0.717) is 13.2 Å². The molecule has 0 bridgehead atoms. The SMILES string of the molecule is O=C(O)C#CC1OCCO1. The molecule has 4 heteroatoms. The number of ether oxygens (including phenoxy) is 2. The Hall–Kier alpha value is -1.05. The van der Waals surface area contributed by atoms with Crippen LogP contribution in [-0.4, -0.2) is 30.6 Å².